The Labute approximate surface area is 215 Å². The van der Waals surface area contributed by atoms with Gasteiger partial charge in [-0.05, 0) is 66.2 Å². The molecule has 36 heavy (non-hydrogen) atoms. The summed E-state index contributed by atoms with van der Waals surface area (Å²) in [5.41, 5.74) is 3.13. The summed E-state index contributed by atoms with van der Waals surface area (Å²) in [5.74, 6) is 0.992. The highest BCUT2D eigenvalue weighted by Crippen LogP contribution is 2.26. The number of anilines is 2. The standard InChI is InChI=1S/C28H28ClN3O4/c1-35-24-11-3-20(4-12-24)5-14-27(33)30-22-7-9-23(10-8-22)31-15-17-32(18-16-31)28(34)25-19-21(29)6-13-26(25)36-2/h3-14,19H,15-18H2,1-2H3,(H,30,33)/b14-5+. The molecule has 2 amide bonds. The maximum absolute atomic E-state index is 13.0. The lowest BCUT2D eigenvalue weighted by Crippen LogP contribution is -2.48. The average Bonchev–Trinajstić information content (AvgIpc) is 2.92. The van der Waals surface area contributed by atoms with E-state index in [0.29, 0.717) is 48.2 Å². The molecule has 0 unspecified atom stereocenters. The van der Waals surface area contributed by atoms with Gasteiger partial charge in [-0.25, -0.2) is 0 Å². The second kappa shape index (κ2) is 11.6. The van der Waals surface area contributed by atoms with E-state index in [-0.39, 0.29) is 11.8 Å². The second-order valence-electron chi connectivity index (χ2n) is 8.27. The van der Waals surface area contributed by atoms with Crippen LogP contribution in [-0.2, 0) is 4.79 Å². The molecule has 3 aromatic rings. The van der Waals surface area contributed by atoms with Crippen LogP contribution in [0, 0.1) is 0 Å². The van der Waals surface area contributed by atoms with E-state index in [1.54, 1.807) is 38.5 Å². The van der Waals surface area contributed by atoms with Crippen LogP contribution in [0.1, 0.15) is 15.9 Å². The number of benzene rings is 3. The largest absolute Gasteiger partial charge is 0.497 e. The summed E-state index contributed by atoms with van der Waals surface area (Å²) in [6.45, 7) is 2.57. The number of hydrogen-bond donors (Lipinski definition) is 1. The molecule has 0 aliphatic carbocycles. The Kier molecular flexibility index (Phi) is 8.13. The first-order valence-corrected chi connectivity index (χ1v) is 12.0. The van der Waals surface area contributed by atoms with Crippen molar-refractivity contribution < 1.29 is 19.1 Å². The molecule has 1 heterocycles. The molecule has 4 rings (SSSR count). The van der Waals surface area contributed by atoms with Crippen LogP contribution in [0.3, 0.4) is 0 Å². The average molecular weight is 506 g/mol. The minimum absolute atomic E-state index is 0.0882. The zero-order chi connectivity index (χ0) is 25.5. The van der Waals surface area contributed by atoms with E-state index in [1.807, 2.05) is 53.4 Å². The number of amides is 2. The van der Waals surface area contributed by atoms with Crippen molar-refractivity contribution in [2.24, 2.45) is 0 Å². The van der Waals surface area contributed by atoms with E-state index in [9.17, 15) is 9.59 Å². The van der Waals surface area contributed by atoms with Gasteiger partial charge in [0.05, 0.1) is 19.8 Å². The third kappa shape index (κ3) is 6.17. The first kappa shape index (κ1) is 25.1. The number of carbonyl (C=O) groups is 2. The van der Waals surface area contributed by atoms with E-state index in [0.717, 1.165) is 17.0 Å². The highest BCUT2D eigenvalue weighted by atomic mass is 35.5. The Bertz CT molecular complexity index is 1230. The summed E-state index contributed by atoms with van der Waals surface area (Å²) in [6.07, 6.45) is 3.25. The number of rotatable bonds is 7. The molecule has 1 saturated heterocycles. The number of hydrogen-bond acceptors (Lipinski definition) is 5. The van der Waals surface area contributed by atoms with Gasteiger partial charge in [0.1, 0.15) is 11.5 Å². The predicted octanol–water partition coefficient (Wildman–Crippen LogP) is 4.97. The third-order valence-electron chi connectivity index (χ3n) is 6.00. The maximum Gasteiger partial charge on any atom is 0.257 e. The van der Waals surface area contributed by atoms with Crippen LogP contribution < -0.4 is 19.7 Å². The van der Waals surface area contributed by atoms with Crippen molar-refractivity contribution in [1.82, 2.24) is 4.90 Å². The lowest BCUT2D eigenvalue weighted by atomic mass is 10.1. The van der Waals surface area contributed by atoms with Crippen molar-refractivity contribution in [2.45, 2.75) is 0 Å². The van der Waals surface area contributed by atoms with Crippen LogP contribution in [-0.4, -0.2) is 57.1 Å². The van der Waals surface area contributed by atoms with Gasteiger partial charge in [-0.15, -0.1) is 0 Å². The molecule has 0 bridgehead atoms. The Balaban J connectivity index is 1.30. The fourth-order valence-corrected chi connectivity index (χ4v) is 4.18. The van der Waals surface area contributed by atoms with E-state index in [1.165, 1.54) is 6.08 Å². The monoisotopic (exact) mass is 505 g/mol. The Hall–Kier alpha value is -3.97. The SMILES string of the molecule is COc1ccc(/C=C/C(=O)Nc2ccc(N3CCN(C(=O)c4cc(Cl)ccc4OC)CC3)cc2)cc1. The molecule has 1 aliphatic heterocycles. The number of piperazine rings is 1. The van der Waals surface area contributed by atoms with Crippen molar-refractivity contribution in [3.63, 3.8) is 0 Å². The minimum atomic E-state index is -0.206. The van der Waals surface area contributed by atoms with Crippen molar-refractivity contribution in [3.8, 4) is 11.5 Å². The molecule has 1 N–H and O–H groups in total. The molecule has 0 spiro atoms. The molecule has 8 heteroatoms. The predicted molar refractivity (Wildman–Crippen MR) is 143 cm³/mol. The molecule has 3 aromatic carbocycles. The summed E-state index contributed by atoms with van der Waals surface area (Å²) in [5, 5.41) is 3.38. The van der Waals surface area contributed by atoms with E-state index in [2.05, 4.69) is 10.2 Å². The van der Waals surface area contributed by atoms with Gasteiger partial charge in [0.15, 0.2) is 0 Å². The molecule has 0 radical (unpaired) electrons. The lowest BCUT2D eigenvalue weighted by molar-refractivity contribution is -0.111. The Morgan fingerprint density at radius 1 is 0.889 bits per heavy atom. The highest BCUT2D eigenvalue weighted by Gasteiger charge is 2.24. The zero-order valence-corrected chi connectivity index (χ0v) is 21.0. The summed E-state index contributed by atoms with van der Waals surface area (Å²) < 4.78 is 10.5. The van der Waals surface area contributed by atoms with Crippen molar-refractivity contribution in [1.29, 1.82) is 0 Å². The number of ether oxygens (including phenoxy) is 2. The summed E-state index contributed by atoms with van der Waals surface area (Å²) in [4.78, 5) is 29.3. The number of nitrogens with zero attached hydrogens (tertiary/aromatic N) is 2. The normalized spacial score (nSPS) is 13.5. The van der Waals surface area contributed by atoms with Crippen LogP contribution >= 0.6 is 11.6 Å². The molecule has 0 saturated carbocycles. The fraction of sp³-hybridized carbons (Fsp3) is 0.214. The Morgan fingerprint density at radius 3 is 2.22 bits per heavy atom. The molecular formula is C28H28ClN3O4. The molecule has 0 atom stereocenters. The number of halogens is 1. The number of carbonyl (C=O) groups excluding carboxylic acids is 2. The lowest BCUT2D eigenvalue weighted by Gasteiger charge is -2.36. The van der Waals surface area contributed by atoms with Crippen LogP contribution in [0.4, 0.5) is 11.4 Å². The maximum atomic E-state index is 13.0. The quantitative estimate of drug-likeness (QED) is 0.459. The molecule has 1 fully saturated rings. The van der Waals surface area contributed by atoms with Crippen molar-refractivity contribution in [2.75, 3.05) is 50.6 Å². The molecule has 0 aromatic heterocycles. The molecule has 7 nitrogen and oxygen atoms in total. The summed E-state index contributed by atoms with van der Waals surface area (Å²) in [7, 11) is 3.16. The summed E-state index contributed by atoms with van der Waals surface area (Å²) in [6, 6.07) is 20.2. The first-order chi connectivity index (χ1) is 17.5. The molecule has 186 valence electrons. The van der Waals surface area contributed by atoms with E-state index < -0.39 is 0 Å². The van der Waals surface area contributed by atoms with Gasteiger partial charge in [-0.3, -0.25) is 9.59 Å². The third-order valence-corrected chi connectivity index (χ3v) is 6.24. The van der Waals surface area contributed by atoms with Crippen LogP contribution in [0.25, 0.3) is 6.08 Å². The van der Waals surface area contributed by atoms with Gasteiger partial charge in [0.25, 0.3) is 5.91 Å². The van der Waals surface area contributed by atoms with Crippen LogP contribution in [0.15, 0.2) is 72.8 Å². The molecular weight excluding hydrogens is 478 g/mol. The van der Waals surface area contributed by atoms with Gasteiger partial charge in [0.2, 0.25) is 5.91 Å². The van der Waals surface area contributed by atoms with Crippen molar-refractivity contribution >= 4 is 40.9 Å². The smallest absolute Gasteiger partial charge is 0.257 e. The van der Waals surface area contributed by atoms with E-state index >= 15 is 0 Å². The summed E-state index contributed by atoms with van der Waals surface area (Å²) >= 11 is 6.09. The van der Waals surface area contributed by atoms with E-state index in [4.69, 9.17) is 21.1 Å². The number of nitrogens with one attached hydrogen (secondary N) is 1. The molecule has 1 aliphatic rings. The first-order valence-electron chi connectivity index (χ1n) is 11.6. The van der Waals surface area contributed by atoms with Gasteiger partial charge < -0.3 is 24.6 Å². The minimum Gasteiger partial charge on any atom is -0.497 e. The van der Waals surface area contributed by atoms with Crippen LogP contribution in [0.2, 0.25) is 5.02 Å². The Morgan fingerprint density at radius 2 is 1.58 bits per heavy atom. The zero-order valence-electron chi connectivity index (χ0n) is 20.2. The fourth-order valence-electron chi connectivity index (χ4n) is 4.01. The topological polar surface area (TPSA) is 71.1 Å². The van der Waals surface area contributed by atoms with Crippen LogP contribution in [0.5, 0.6) is 11.5 Å². The highest BCUT2D eigenvalue weighted by molar-refractivity contribution is 6.31. The van der Waals surface area contributed by atoms with Crippen molar-refractivity contribution in [3.05, 3.63) is 89.0 Å². The van der Waals surface area contributed by atoms with Gasteiger partial charge >= 0.3 is 0 Å². The van der Waals surface area contributed by atoms with Gasteiger partial charge in [0, 0.05) is 48.7 Å². The number of methoxy groups -OCH3 is 2. The van der Waals surface area contributed by atoms with Gasteiger partial charge in [-0.1, -0.05) is 23.7 Å². The van der Waals surface area contributed by atoms with Gasteiger partial charge in [-0.2, -0.15) is 0 Å². The second-order valence-corrected chi connectivity index (χ2v) is 8.70.